The Labute approximate surface area is 48.4 Å². The minimum Gasteiger partial charge on any atom is -0.693 e. The van der Waals surface area contributed by atoms with Gasteiger partial charge in [-0.1, -0.05) is 0 Å². The Hall–Kier alpha value is 0.306. The minimum atomic E-state index is 0. The Bertz CT molecular complexity index is 3.90. The molecule has 49 valence electrons. The summed E-state index contributed by atoms with van der Waals surface area (Å²) in [5.74, 6) is 0. The van der Waals surface area contributed by atoms with Crippen molar-refractivity contribution >= 4 is 0 Å². The van der Waals surface area contributed by atoms with E-state index in [1.165, 1.54) is 0 Å². The molecule has 0 aliphatic rings. The van der Waals surface area contributed by atoms with Crippen molar-refractivity contribution in [1.29, 1.82) is 0 Å². The third-order valence-corrected chi connectivity index (χ3v) is 0. The maximum absolute atomic E-state index is 0. The molecular weight excluding hydrogens is 129 g/mol. The summed E-state index contributed by atoms with van der Waals surface area (Å²) in [4.78, 5) is 0. The van der Waals surface area contributed by atoms with Gasteiger partial charge in [-0.05, 0) is 0 Å². The number of rotatable bonds is 0. The van der Waals surface area contributed by atoms with Crippen LogP contribution in [0.2, 0.25) is 0 Å². The fourth-order valence-electron chi connectivity index (χ4n) is 0. The van der Waals surface area contributed by atoms with Crippen molar-refractivity contribution in [2.75, 3.05) is 0 Å². The summed E-state index contributed by atoms with van der Waals surface area (Å²) in [6.07, 6.45) is 0. The summed E-state index contributed by atoms with van der Waals surface area (Å²) in [6, 6.07) is 0. The van der Waals surface area contributed by atoms with Crippen LogP contribution in [-0.2, 0) is 16.8 Å². The second-order valence-electron chi connectivity index (χ2n) is 0. The third-order valence-electron chi connectivity index (χ3n) is 0. The molecule has 0 saturated heterocycles. The smallest absolute Gasteiger partial charge is 0 e. The van der Waals surface area contributed by atoms with Gasteiger partial charge in [-0.15, -0.1) is 0 Å². The molecule has 0 atom stereocenters. The van der Waals surface area contributed by atoms with Gasteiger partial charge in [-0.3, -0.25) is 0 Å². The van der Waals surface area contributed by atoms with Crippen LogP contribution in [0.1, 0.15) is 0 Å². The number of hydrogen-bond acceptors (Lipinski definition) is 0. The van der Waals surface area contributed by atoms with Gasteiger partial charge >= 0.3 is 0 Å². The summed E-state index contributed by atoms with van der Waals surface area (Å²) in [7, 11) is 0. The molecule has 0 saturated carbocycles. The molecule has 1 radical (unpaired) electrons. The van der Waals surface area contributed by atoms with Gasteiger partial charge in [0.25, 0.3) is 0 Å². The Morgan fingerprint density at radius 3 is 0.333 bits per heavy atom. The first kappa shape index (κ1) is 1890. The van der Waals surface area contributed by atoms with Crippen molar-refractivity contribution < 1.29 is 16.8 Å². The SMILES string of the molecule is [Co].[NH2-].[NH2-].[NH2-].[NH2-].[NH2-]. The van der Waals surface area contributed by atoms with Crippen LogP contribution in [0.3, 0.4) is 0 Å². The molecule has 0 aromatic rings. The van der Waals surface area contributed by atoms with E-state index in [2.05, 4.69) is 0 Å². The Morgan fingerprint density at radius 1 is 0.333 bits per heavy atom. The van der Waals surface area contributed by atoms with Crippen molar-refractivity contribution in [3.8, 4) is 0 Å². The second kappa shape index (κ2) is 1050. The maximum atomic E-state index is 0. The largest absolute Gasteiger partial charge is 0.693 e. The molecule has 0 unspecified atom stereocenters. The number of hydrogen-bond donors (Lipinski definition) is 0. The van der Waals surface area contributed by atoms with E-state index in [0.717, 1.165) is 0 Å². The molecule has 0 amide bonds. The average Bonchev–Trinajstić information content (AvgIpc) is 0. The first-order valence-corrected chi connectivity index (χ1v) is 0. The minimum absolute atomic E-state index is 0. The Morgan fingerprint density at radius 2 is 0.333 bits per heavy atom. The topological polar surface area (TPSA) is 168 Å². The van der Waals surface area contributed by atoms with Gasteiger partial charge in [0.2, 0.25) is 0 Å². The van der Waals surface area contributed by atoms with E-state index in [1.807, 2.05) is 0 Å². The summed E-state index contributed by atoms with van der Waals surface area (Å²) in [5.41, 5.74) is 0. The Kier molecular flexibility index (Phi) is 330000. The molecule has 6 heavy (non-hydrogen) atoms. The molecule has 0 spiro atoms. The zero-order valence-corrected chi connectivity index (χ0v) is 4.26. The zero-order chi connectivity index (χ0) is 0. The predicted octanol–water partition coefficient (Wildman–Crippen LogP) is 3.58. The Balaban J connectivity index is 0. The van der Waals surface area contributed by atoms with E-state index in [9.17, 15) is 0 Å². The van der Waals surface area contributed by atoms with Crippen LogP contribution in [-0.4, -0.2) is 0 Å². The molecule has 6 heteroatoms. The molecule has 0 aromatic carbocycles. The molecular formula is H10CoN5-5. The van der Waals surface area contributed by atoms with Crippen LogP contribution in [0.15, 0.2) is 0 Å². The third kappa shape index (κ3) is 501. The summed E-state index contributed by atoms with van der Waals surface area (Å²) in [6.45, 7) is 0. The van der Waals surface area contributed by atoms with E-state index >= 15 is 0 Å². The van der Waals surface area contributed by atoms with E-state index in [-0.39, 0.29) is 47.5 Å². The van der Waals surface area contributed by atoms with E-state index < -0.39 is 0 Å². The van der Waals surface area contributed by atoms with Gasteiger partial charge in [0.1, 0.15) is 0 Å². The van der Waals surface area contributed by atoms with Crippen molar-refractivity contribution in [2.24, 2.45) is 0 Å². The van der Waals surface area contributed by atoms with Crippen molar-refractivity contribution in [3.05, 3.63) is 30.8 Å². The van der Waals surface area contributed by atoms with Crippen LogP contribution in [0.5, 0.6) is 0 Å². The molecule has 0 aromatic heterocycles. The quantitative estimate of drug-likeness (QED) is 0.478. The van der Waals surface area contributed by atoms with E-state index in [4.69, 9.17) is 0 Å². The van der Waals surface area contributed by atoms with Gasteiger partial charge in [-0.2, -0.15) is 0 Å². The second-order valence-corrected chi connectivity index (χ2v) is 0. The first-order valence-electron chi connectivity index (χ1n) is 0. The van der Waals surface area contributed by atoms with Crippen LogP contribution in [0.4, 0.5) is 0 Å². The van der Waals surface area contributed by atoms with E-state index in [0.29, 0.717) is 0 Å². The first-order chi connectivity index (χ1) is 0. The van der Waals surface area contributed by atoms with Gasteiger partial charge in [0.15, 0.2) is 0 Å². The molecule has 0 aliphatic carbocycles. The van der Waals surface area contributed by atoms with Gasteiger partial charge in [-0.25, -0.2) is 0 Å². The summed E-state index contributed by atoms with van der Waals surface area (Å²) < 4.78 is 0. The molecule has 0 rings (SSSR count). The maximum Gasteiger partial charge on any atom is 0 e. The fraction of sp³-hybridized carbons (Fsp3) is 0. The molecule has 0 heterocycles. The van der Waals surface area contributed by atoms with Crippen molar-refractivity contribution in [1.82, 2.24) is 0 Å². The van der Waals surface area contributed by atoms with Crippen LogP contribution in [0.25, 0.3) is 30.8 Å². The van der Waals surface area contributed by atoms with Gasteiger partial charge < -0.3 is 30.8 Å². The average molecular weight is 139 g/mol. The van der Waals surface area contributed by atoms with Crippen LogP contribution >= 0.6 is 0 Å². The fourth-order valence-corrected chi connectivity index (χ4v) is 0. The monoisotopic (exact) mass is 139 g/mol. The molecule has 10 N–H and O–H groups in total. The zero-order valence-electron chi connectivity index (χ0n) is 3.22. The van der Waals surface area contributed by atoms with Crippen LogP contribution in [0, 0.1) is 0 Å². The predicted molar refractivity (Wildman–Crippen MR) is 26.4 cm³/mol. The van der Waals surface area contributed by atoms with E-state index in [1.54, 1.807) is 0 Å². The molecule has 0 bridgehead atoms. The van der Waals surface area contributed by atoms with Crippen molar-refractivity contribution in [2.45, 2.75) is 0 Å². The van der Waals surface area contributed by atoms with Crippen LogP contribution < -0.4 is 0 Å². The molecule has 5 nitrogen and oxygen atoms in total. The van der Waals surface area contributed by atoms with Gasteiger partial charge in [0, 0.05) is 16.8 Å². The van der Waals surface area contributed by atoms with Gasteiger partial charge in [0.05, 0.1) is 0 Å². The summed E-state index contributed by atoms with van der Waals surface area (Å²) in [5, 5.41) is 0. The number of nitrogens with two attached hydrogens (primary N) is 5. The molecule has 0 fully saturated rings. The summed E-state index contributed by atoms with van der Waals surface area (Å²) >= 11 is 0. The standard InChI is InChI=1S/Co.5H2N/h;5*1H2/q;5*-1. The normalized spacial score (nSPS) is 0. The molecule has 0 aliphatic heterocycles. The van der Waals surface area contributed by atoms with Crippen molar-refractivity contribution in [3.63, 3.8) is 0 Å².